The summed E-state index contributed by atoms with van der Waals surface area (Å²) in [5, 5.41) is 3.21. The number of hydrogen-bond donors (Lipinski definition) is 2. The number of hydrogen-bond acceptors (Lipinski definition) is 3. The van der Waals surface area contributed by atoms with Crippen molar-refractivity contribution in [1.29, 1.82) is 0 Å². The summed E-state index contributed by atoms with van der Waals surface area (Å²) in [7, 11) is -3.42. The zero-order valence-electron chi connectivity index (χ0n) is 12.9. The fourth-order valence-corrected chi connectivity index (χ4v) is 3.25. The Labute approximate surface area is 123 Å². The van der Waals surface area contributed by atoms with Crippen molar-refractivity contribution < 1.29 is 8.42 Å². The second kappa shape index (κ2) is 7.76. The third-order valence-electron chi connectivity index (χ3n) is 3.44. The molecule has 1 aromatic carbocycles. The van der Waals surface area contributed by atoms with Gasteiger partial charge in [0.25, 0.3) is 0 Å². The molecule has 1 unspecified atom stereocenters. The summed E-state index contributed by atoms with van der Waals surface area (Å²) in [6, 6.07) is 5.59. The summed E-state index contributed by atoms with van der Waals surface area (Å²) >= 11 is 0. The number of benzene rings is 1. The van der Waals surface area contributed by atoms with Crippen molar-refractivity contribution in [3.8, 4) is 0 Å². The van der Waals surface area contributed by atoms with Crippen LogP contribution in [0.2, 0.25) is 0 Å². The number of nitrogens with one attached hydrogen (secondary N) is 2. The molecule has 1 aromatic rings. The molecule has 0 fully saturated rings. The first-order valence-electron chi connectivity index (χ1n) is 7.20. The van der Waals surface area contributed by atoms with E-state index >= 15 is 0 Å². The second-order valence-corrected chi connectivity index (χ2v) is 6.98. The molecule has 1 atom stereocenters. The molecule has 0 saturated heterocycles. The van der Waals surface area contributed by atoms with E-state index in [1.165, 1.54) is 0 Å². The lowest BCUT2D eigenvalue weighted by Gasteiger charge is -2.13. The molecule has 0 bridgehead atoms. The van der Waals surface area contributed by atoms with E-state index in [0.717, 1.165) is 24.1 Å². The van der Waals surface area contributed by atoms with Gasteiger partial charge in [-0.1, -0.05) is 39.3 Å². The fourth-order valence-electron chi connectivity index (χ4n) is 1.79. The minimum atomic E-state index is -3.42. The van der Waals surface area contributed by atoms with E-state index in [1.807, 2.05) is 32.9 Å². The van der Waals surface area contributed by atoms with Crippen LogP contribution in [0.15, 0.2) is 23.1 Å². The standard InChI is InChI=1S/C15H26N2O2S/c1-5-12(3)10-17-20(18,19)15-9-14(11-16-6-2)8-7-13(15)4/h7-9,12,16-17H,5-6,10-11H2,1-4H3. The normalized spacial score (nSPS) is 13.4. The minimum Gasteiger partial charge on any atom is -0.313 e. The molecule has 20 heavy (non-hydrogen) atoms. The zero-order valence-corrected chi connectivity index (χ0v) is 13.7. The quantitative estimate of drug-likeness (QED) is 0.775. The smallest absolute Gasteiger partial charge is 0.240 e. The number of aryl methyl sites for hydroxylation is 1. The molecule has 0 saturated carbocycles. The summed E-state index contributed by atoms with van der Waals surface area (Å²) in [4.78, 5) is 0.385. The van der Waals surface area contributed by atoms with Crippen LogP contribution in [0.3, 0.4) is 0 Å². The van der Waals surface area contributed by atoms with Crippen LogP contribution < -0.4 is 10.0 Å². The Balaban J connectivity index is 2.92. The van der Waals surface area contributed by atoms with Crippen molar-refractivity contribution in [3.63, 3.8) is 0 Å². The van der Waals surface area contributed by atoms with Gasteiger partial charge in [-0.05, 0) is 36.6 Å². The van der Waals surface area contributed by atoms with Crippen LogP contribution in [0.1, 0.15) is 38.3 Å². The SMILES string of the molecule is CCNCc1ccc(C)c(S(=O)(=O)NCC(C)CC)c1. The van der Waals surface area contributed by atoms with E-state index in [1.54, 1.807) is 6.07 Å². The van der Waals surface area contributed by atoms with E-state index in [4.69, 9.17) is 0 Å². The van der Waals surface area contributed by atoms with Crippen LogP contribution in [-0.2, 0) is 16.6 Å². The third-order valence-corrected chi connectivity index (χ3v) is 5.01. The monoisotopic (exact) mass is 298 g/mol. The summed E-state index contributed by atoms with van der Waals surface area (Å²) in [5.41, 5.74) is 1.77. The second-order valence-electron chi connectivity index (χ2n) is 5.25. The Hall–Kier alpha value is -0.910. The van der Waals surface area contributed by atoms with E-state index in [9.17, 15) is 8.42 Å². The molecule has 0 radical (unpaired) electrons. The molecule has 0 aromatic heterocycles. The Kier molecular flexibility index (Phi) is 6.65. The lowest BCUT2D eigenvalue weighted by Crippen LogP contribution is -2.29. The first-order valence-corrected chi connectivity index (χ1v) is 8.69. The average Bonchev–Trinajstić information content (AvgIpc) is 2.43. The van der Waals surface area contributed by atoms with E-state index < -0.39 is 10.0 Å². The molecule has 114 valence electrons. The highest BCUT2D eigenvalue weighted by molar-refractivity contribution is 7.89. The molecule has 0 aliphatic carbocycles. The Morgan fingerprint density at radius 3 is 2.55 bits per heavy atom. The maximum absolute atomic E-state index is 12.4. The Morgan fingerprint density at radius 1 is 1.25 bits per heavy atom. The van der Waals surface area contributed by atoms with Crippen LogP contribution >= 0.6 is 0 Å². The third kappa shape index (κ3) is 4.89. The summed E-state index contributed by atoms with van der Waals surface area (Å²) in [5.74, 6) is 0.343. The van der Waals surface area contributed by atoms with Crippen molar-refractivity contribution in [2.24, 2.45) is 5.92 Å². The van der Waals surface area contributed by atoms with Crippen LogP contribution in [-0.4, -0.2) is 21.5 Å². The van der Waals surface area contributed by atoms with Gasteiger partial charge in [-0.15, -0.1) is 0 Å². The van der Waals surface area contributed by atoms with Crippen molar-refractivity contribution >= 4 is 10.0 Å². The van der Waals surface area contributed by atoms with E-state index in [-0.39, 0.29) is 0 Å². The van der Waals surface area contributed by atoms with E-state index in [0.29, 0.717) is 23.9 Å². The predicted octanol–water partition coefficient (Wildman–Crippen LogP) is 2.43. The summed E-state index contributed by atoms with van der Waals surface area (Å²) in [6.45, 7) is 9.98. The van der Waals surface area contributed by atoms with Crippen molar-refractivity contribution in [2.45, 2.75) is 45.6 Å². The highest BCUT2D eigenvalue weighted by atomic mass is 32.2. The molecular formula is C15H26N2O2S. The van der Waals surface area contributed by atoms with E-state index in [2.05, 4.69) is 17.0 Å². The van der Waals surface area contributed by atoms with Gasteiger partial charge in [0.15, 0.2) is 0 Å². The Bertz CT molecular complexity index is 527. The maximum Gasteiger partial charge on any atom is 0.240 e. The minimum absolute atomic E-state index is 0.343. The first kappa shape index (κ1) is 17.1. The highest BCUT2D eigenvalue weighted by Gasteiger charge is 2.17. The molecule has 0 aliphatic rings. The number of rotatable bonds is 8. The molecule has 0 spiro atoms. The number of sulfonamides is 1. The van der Waals surface area contributed by atoms with Gasteiger partial charge in [0.2, 0.25) is 10.0 Å². The molecule has 1 rings (SSSR count). The van der Waals surface area contributed by atoms with Crippen LogP contribution in [0.5, 0.6) is 0 Å². The summed E-state index contributed by atoms with van der Waals surface area (Å²) < 4.78 is 27.4. The van der Waals surface area contributed by atoms with Gasteiger partial charge in [0.1, 0.15) is 0 Å². The molecule has 0 heterocycles. The van der Waals surface area contributed by atoms with Gasteiger partial charge in [-0.3, -0.25) is 0 Å². The molecular weight excluding hydrogens is 272 g/mol. The topological polar surface area (TPSA) is 58.2 Å². The van der Waals surface area contributed by atoms with Gasteiger partial charge in [0, 0.05) is 13.1 Å². The van der Waals surface area contributed by atoms with Crippen LogP contribution in [0.25, 0.3) is 0 Å². The van der Waals surface area contributed by atoms with Gasteiger partial charge < -0.3 is 5.32 Å². The van der Waals surface area contributed by atoms with Crippen molar-refractivity contribution in [3.05, 3.63) is 29.3 Å². The zero-order chi connectivity index (χ0) is 15.2. The Morgan fingerprint density at radius 2 is 1.95 bits per heavy atom. The van der Waals surface area contributed by atoms with Gasteiger partial charge in [0.05, 0.1) is 4.90 Å². The maximum atomic E-state index is 12.4. The highest BCUT2D eigenvalue weighted by Crippen LogP contribution is 2.17. The van der Waals surface area contributed by atoms with Crippen LogP contribution in [0.4, 0.5) is 0 Å². The first-order chi connectivity index (χ1) is 9.40. The van der Waals surface area contributed by atoms with Gasteiger partial charge >= 0.3 is 0 Å². The largest absolute Gasteiger partial charge is 0.313 e. The average molecular weight is 298 g/mol. The summed E-state index contributed by atoms with van der Waals surface area (Å²) in [6.07, 6.45) is 0.960. The molecule has 4 nitrogen and oxygen atoms in total. The predicted molar refractivity (Wildman–Crippen MR) is 83.2 cm³/mol. The molecule has 2 N–H and O–H groups in total. The van der Waals surface area contributed by atoms with Gasteiger partial charge in [-0.25, -0.2) is 13.1 Å². The lowest BCUT2D eigenvalue weighted by molar-refractivity contribution is 0.528. The molecule has 5 heteroatoms. The van der Waals surface area contributed by atoms with Crippen molar-refractivity contribution in [1.82, 2.24) is 10.0 Å². The lowest BCUT2D eigenvalue weighted by atomic mass is 10.1. The molecule has 0 amide bonds. The van der Waals surface area contributed by atoms with Crippen LogP contribution in [0, 0.1) is 12.8 Å². The van der Waals surface area contributed by atoms with Crippen molar-refractivity contribution in [2.75, 3.05) is 13.1 Å². The fraction of sp³-hybridized carbons (Fsp3) is 0.600. The van der Waals surface area contributed by atoms with Gasteiger partial charge in [-0.2, -0.15) is 0 Å². The molecule has 0 aliphatic heterocycles.